The van der Waals surface area contributed by atoms with Crippen LogP contribution in [-0.4, -0.2) is 73.4 Å². The summed E-state index contributed by atoms with van der Waals surface area (Å²) in [4.78, 5) is 23.5. The first-order valence-electron chi connectivity index (χ1n) is 40.2. The number of allylic oxidation sites excluding steroid dienone is 9. The molecule has 1 amide bonds. The minimum absolute atomic E-state index is 0.0570. The Morgan fingerprint density at radius 3 is 0.956 bits per heavy atom. The third-order valence-corrected chi connectivity index (χ3v) is 19.4. The molecule has 0 aliphatic heterocycles. The van der Waals surface area contributed by atoms with Crippen LogP contribution in [0.4, 0.5) is 0 Å². The number of phosphoric ester groups is 1. The van der Waals surface area contributed by atoms with Crippen LogP contribution >= 0.6 is 7.82 Å². The van der Waals surface area contributed by atoms with Gasteiger partial charge in [0, 0.05) is 6.42 Å². The van der Waals surface area contributed by atoms with Gasteiger partial charge >= 0.3 is 7.82 Å². The lowest BCUT2D eigenvalue weighted by atomic mass is 10.0. The molecular formula is C82H158N2O6P+. The lowest BCUT2D eigenvalue weighted by molar-refractivity contribution is -0.870. The average molecular weight is 1300 g/mol. The molecule has 0 saturated carbocycles. The second-order valence-electron chi connectivity index (χ2n) is 28.8. The number of aliphatic hydroxyl groups is 1. The molecule has 0 aliphatic carbocycles. The summed E-state index contributed by atoms with van der Waals surface area (Å²) in [6, 6.07) is -0.866. The van der Waals surface area contributed by atoms with Crippen molar-refractivity contribution in [3.05, 3.63) is 60.8 Å². The number of unbranched alkanes of at least 4 members (excludes halogenated alkanes) is 54. The number of hydrogen-bond donors (Lipinski definition) is 3. The maximum absolute atomic E-state index is 13.1. The summed E-state index contributed by atoms with van der Waals surface area (Å²) in [6.45, 7) is 4.84. The number of phosphoric acid groups is 1. The molecule has 0 radical (unpaired) electrons. The van der Waals surface area contributed by atoms with Gasteiger partial charge < -0.3 is 19.8 Å². The molecule has 9 heteroatoms. The van der Waals surface area contributed by atoms with Gasteiger partial charge in [-0.3, -0.25) is 13.8 Å². The molecule has 3 N–H and O–H groups in total. The minimum Gasteiger partial charge on any atom is -0.387 e. The van der Waals surface area contributed by atoms with Crippen LogP contribution in [0.1, 0.15) is 406 Å². The van der Waals surface area contributed by atoms with Gasteiger partial charge in [0.15, 0.2) is 0 Å². The summed E-state index contributed by atoms with van der Waals surface area (Å²) in [5.41, 5.74) is 0. The number of rotatable bonds is 75. The summed E-state index contributed by atoms with van der Waals surface area (Å²) in [7, 11) is 1.57. The van der Waals surface area contributed by atoms with E-state index < -0.39 is 20.0 Å². The van der Waals surface area contributed by atoms with Gasteiger partial charge in [-0.05, 0) is 70.6 Å². The molecule has 0 aromatic heterocycles. The molecule has 0 fully saturated rings. The monoisotopic (exact) mass is 1300 g/mol. The number of nitrogens with one attached hydrogen (secondary N) is 1. The van der Waals surface area contributed by atoms with Crippen molar-refractivity contribution in [2.75, 3.05) is 40.9 Å². The van der Waals surface area contributed by atoms with Gasteiger partial charge in [0.25, 0.3) is 0 Å². The molecule has 3 atom stereocenters. The fourth-order valence-corrected chi connectivity index (χ4v) is 13.0. The first-order valence-corrected chi connectivity index (χ1v) is 41.7. The highest BCUT2D eigenvalue weighted by atomic mass is 31.2. The molecule has 91 heavy (non-hydrogen) atoms. The zero-order valence-electron chi connectivity index (χ0n) is 61.6. The van der Waals surface area contributed by atoms with E-state index in [1.54, 1.807) is 6.08 Å². The van der Waals surface area contributed by atoms with Gasteiger partial charge in [0.1, 0.15) is 13.2 Å². The first kappa shape index (κ1) is 89.2. The third-order valence-electron chi connectivity index (χ3n) is 18.5. The van der Waals surface area contributed by atoms with Crippen LogP contribution in [0.2, 0.25) is 0 Å². The van der Waals surface area contributed by atoms with Crippen molar-refractivity contribution < 1.29 is 32.9 Å². The Hall–Kier alpha value is -1.80. The van der Waals surface area contributed by atoms with Crippen LogP contribution in [0, 0.1) is 0 Å². The van der Waals surface area contributed by atoms with E-state index in [1.165, 1.54) is 334 Å². The normalized spacial score (nSPS) is 13.8. The average Bonchev–Trinajstić information content (AvgIpc) is 3.42. The van der Waals surface area contributed by atoms with E-state index in [4.69, 9.17) is 9.05 Å². The highest BCUT2D eigenvalue weighted by Crippen LogP contribution is 2.43. The van der Waals surface area contributed by atoms with Crippen molar-refractivity contribution in [2.45, 2.75) is 418 Å². The van der Waals surface area contributed by atoms with Crippen molar-refractivity contribution in [1.82, 2.24) is 5.32 Å². The van der Waals surface area contributed by atoms with Crippen LogP contribution in [0.15, 0.2) is 60.8 Å². The van der Waals surface area contributed by atoms with E-state index in [2.05, 4.69) is 67.8 Å². The number of carbonyl (C=O) groups excluding carboxylic acids is 1. The molecule has 3 unspecified atom stereocenters. The summed E-state index contributed by atoms with van der Waals surface area (Å²) in [6.07, 6.45) is 101. The van der Waals surface area contributed by atoms with Gasteiger partial charge in [-0.1, -0.05) is 389 Å². The molecule has 0 aliphatic rings. The van der Waals surface area contributed by atoms with Crippen molar-refractivity contribution in [1.29, 1.82) is 0 Å². The van der Waals surface area contributed by atoms with E-state index in [1.807, 2.05) is 27.2 Å². The Balaban J connectivity index is 3.98. The standard InChI is InChI=1S/C82H157N2O6P/c1-6-8-10-12-14-16-18-20-22-24-26-28-30-32-34-36-38-40-41-42-43-44-46-48-50-52-54-56-58-60-62-64-66-68-70-72-74-76-82(86)83-80(79-90-91(87,88)89-78-77-84(3,4)5)81(85)75-73-71-69-67-65-63-61-59-57-55-53-51-49-47-45-39-37-35-33-31-29-27-25-23-21-19-17-15-13-11-9-7-2/h18,20,24,26,30,32,65,67,73,75,80-81,85H,6-17,19,21-23,25,27-29,31,33-64,66,68-72,74,76-79H2,1-5H3,(H-,83,86,87,88)/p+1/b20-18-,26-24-,32-30-,67-65+,75-73+. The molecule has 0 aromatic rings. The van der Waals surface area contributed by atoms with Crippen molar-refractivity contribution in [3.63, 3.8) is 0 Å². The second-order valence-corrected chi connectivity index (χ2v) is 30.2. The fraction of sp³-hybridized carbons (Fsp3) is 0.866. The molecular weight excluding hydrogens is 1140 g/mol. The molecule has 0 rings (SSSR count). The van der Waals surface area contributed by atoms with Crippen molar-refractivity contribution in [3.8, 4) is 0 Å². The Morgan fingerprint density at radius 1 is 0.374 bits per heavy atom. The van der Waals surface area contributed by atoms with E-state index in [0.717, 1.165) is 51.4 Å². The van der Waals surface area contributed by atoms with Crippen LogP contribution in [0.5, 0.6) is 0 Å². The lowest BCUT2D eigenvalue weighted by Crippen LogP contribution is -2.45. The number of hydrogen-bond acceptors (Lipinski definition) is 5. The molecule has 8 nitrogen and oxygen atoms in total. The van der Waals surface area contributed by atoms with E-state index in [-0.39, 0.29) is 19.1 Å². The number of nitrogens with zero attached hydrogens (tertiary/aromatic N) is 1. The van der Waals surface area contributed by atoms with Gasteiger partial charge in [0.2, 0.25) is 5.91 Å². The summed E-state index contributed by atoms with van der Waals surface area (Å²) in [5, 5.41) is 14.0. The van der Waals surface area contributed by atoms with Crippen LogP contribution in [0.3, 0.4) is 0 Å². The first-order chi connectivity index (χ1) is 44.5. The topological polar surface area (TPSA) is 105 Å². The predicted molar refractivity (Wildman–Crippen MR) is 401 cm³/mol. The Bertz CT molecular complexity index is 1670. The maximum atomic E-state index is 13.1. The van der Waals surface area contributed by atoms with Gasteiger partial charge in [-0.2, -0.15) is 0 Å². The molecule has 0 saturated heterocycles. The van der Waals surface area contributed by atoms with E-state index >= 15 is 0 Å². The van der Waals surface area contributed by atoms with E-state index in [9.17, 15) is 19.4 Å². The highest BCUT2D eigenvalue weighted by molar-refractivity contribution is 7.47. The molecule has 0 spiro atoms. The van der Waals surface area contributed by atoms with Crippen molar-refractivity contribution in [2.24, 2.45) is 0 Å². The van der Waals surface area contributed by atoms with Crippen LogP contribution in [0.25, 0.3) is 0 Å². The highest BCUT2D eigenvalue weighted by Gasteiger charge is 2.28. The van der Waals surface area contributed by atoms with Crippen LogP contribution in [-0.2, 0) is 18.4 Å². The summed E-state index contributed by atoms with van der Waals surface area (Å²) >= 11 is 0. The Kier molecular flexibility index (Phi) is 71.0. The number of carbonyl (C=O) groups is 1. The summed E-state index contributed by atoms with van der Waals surface area (Å²) < 4.78 is 23.9. The van der Waals surface area contributed by atoms with Gasteiger partial charge in [0.05, 0.1) is 39.9 Å². The fourth-order valence-electron chi connectivity index (χ4n) is 12.2. The van der Waals surface area contributed by atoms with E-state index in [0.29, 0.717) is 17.4 Å². The Labute approximate surface area is 568 Å². The number of amides is 1. The minimum atomic E-state index is -4.37. The predicted octanol–water partition coefficient (Wildman–Crippen LogP) is 26.3. The van der Waals surface area contributed by atoms with Crippen molar-refractivity contribution >= 4 is 13.7 Å². The molecule has 0 bridgehead atoms. The molecule has 0 heterocycles. The second kappa shape index (κ2) is 72.5. The van der Waals surface area contributed by atoms with Crippen LogP contribution < -0.4 is 5.32 Å². The Morgan fingerprint density at radius 2 is 0.637 bits per heavy atom. The van der Waals surface area contributed by atoms with Gasteiger partial charge in [-0.25, -0.2) is 4.57 Å². The largest absolute Gasteiger partial charge is 0.472 e. The lowest BCUT2D eigenvalue weighted by Gasteiger charge is -2.25. The quantitative estimate of drug-likeness (QED) is 0.0243. The zero-order chi connectivity index (χ0) is 66.2. The number of likely N-dealkylation sites (N-methyl/N-ethyl adjacent to an activating group) is 1. The van der Waals surface area contributed by atoms with Gasteiger partial charge in [-0.15, -0.1) is 0 Å². The smallest absolute Gasteiger partial charge is 0.387 e. The maximum Gasteiger partial charge on any atom is 0.472 e. The summed E-state index contributed by atoms with van der Waals surface area (Å²) in [5.74, 6) is -0.179. The third kappa shape index (κ3) is 75.4. The molecule has 0 aromatic carbocycles. The zero-order valence-corrected chi connectivity index (χ0v) is 62.5. The molecule has 536 valence electrons. The SMILES string of the molecule is CCCCCCC/C=C\C/C=C\C/C=C\CCCCCCCCCCCCCCCCCCCCCCCCC(=O)NC(COP(=O)(O)OCC[N+](C)(C)C)C(O)/C=C/CC/C=C/CCCCCCCCCCCCCCCCCCCCCCCCCCCC. The number of quaternary nitrogens is 1. The number of aliphatic hydroxyl groups excluding tert-OH is 1.